The fraction of sp³-hybridized carbons (Fsp3) is 0.647. The molecule has 0 aliphatic carbocycles. The van der Waals surface area contributed by atoms with Crippen molar-refractivity contribution in [2.75, 3.05) is 32.8 Å². The van der Waals surface area contributed by atoms with Crippen molar-refractivity contribution in [3.63, 3.8) is 0 Å². The van der Waals surface area contributed by atoms with Gasteiger partial charge < -0.3 is 10.1 Å². The van der Waals surface area contributed by atoms with Crippen LogP contribution in [-0.4, -0.2) is 43.8 Å². The topological polar surface area (TPSA) is 24.5 Å². The third-order valence-electron chi connectivity index (χ3n) is 3.77. The highest BCUT2D eigenvalue weighted by atomic mass is 16.5. The minimum Gasteiger partial charge on any atom is -0.380 e. The fourth-order valence-electron chi connectivity index (χ4n) is 2.65. The number of hydrogen-bond acceptors (Lipinski definition) is 3. The van der Waals surface area contributed by atoms with Crippen LogP contribution >= 0.6 is 0 Å². The lowest BCUT2D eigenvalue weighted by Gasteiger charge is -2.21. The van der Waals surface area contributed by atoms with Crippen LogP contribution in [-0.2, 0) is 17.7 Å². The molecule has 0 spiro atoms. The lowest BCUT2D eigenvalue weighted by atomic mass is 10.0. The van der Waals surface area contributed by atoms with Crippen LogP contribution in [0.5, 0.6) is 0 Å². The molecule has 3 heteroatoms. The van der Waals surface area contributed by atoms with Gasteiger partial charge in [-0.15, -0.1) is 0 Å². The SMILES string of the molecule is CC(C)NCCc1ccccc1CN1CCCOCC1. The van der Waals surface area contributed by atoms with E-state index in [9.17, 15) is 0 Å². The van der Waals surface area contributed by atoms with Crippen molar-refractivity contribution in [3.05, 3.63) is 35.4 Å². The van der Waals surface area contributed by atoms with Crippen LogP contribution < -0.4 is 5.32 Å². The molecular formula is C17H28N2O. The number of hydrogen-bond donors (Lipinski definition) is 1. The van der Waals surface area contributed by atoms with Gasteiger partial charge in [-0.1, -0.05) is 38.1 Å². The molecule has 0 atom stereocenters. The van der Waals surface area contributed by atoms with Crippen LogP contribution in [0.4, 0.5) is 0 Å². The van der Waals surface area contributed by atoms with E-state index < -0.39 is 0 Å². The molecule has 1 aromatic carbocycles. The molecule has 0 amide bonds. The van der Waals surface area contributed by atoms with Crippen LogP contribution in [0.1, 0.15) is 31.4 Å². The number of nitrogens with one attached hydrogen (secondary N) is 1. The van der Waals surface area contributed by atoms with E-state index in [1.807, 2.05) is 0 Å². The summed E-state index contributed by atoms with van der Waals surface area (Å²) in [6.07, 6.45) is 2.26. The molecule has 1 aliphatic heterocycles. The Hall–Kier alpha value is -0.900. The molecule has 0 unspecified atom stereocenters. The van der Waals surface area contributed by atoms with E-state index >= 15 is 0 Å². The van der Waals surface area contributed by atoms with Crippen molar-refractivity contribution in [1.82, 2.24) is 10.2 Å². The van der Waals surface area contributed by atoms with Gasteiger partial charge in [0.2, 0.25) is 0 Å². The molecule has 1 fully saturated rings. The van der Waals surface area contributed by atoms with E-state index in [4.69, 9.17) is 4.74 Å². The minimum absolute atomic E-state index is 0.560. The normalized spacial score (nSPS) is 17.4. The Morgan fingerprint density at radius 3 is 2.75 bits per heavy atom. The van der Waals surface area contributed by atoms with Gasteiger partial charge in [0.1, 0.15) is 0 Å². The number of rotatable bonds is 6. The Bertz CT molecular complexity index is 384. The van der Waals surface area contributed by atoms with Crippen LogP contribution in [0, 0.1) is 0 Å². The van der Waals surface area contributed by atoms with Crippen LogP contribution in [0.15, 0.2) is 24.3 Å². The first kappa shape index (κ1) is 15.5. The van der Waals surface area contributed by atoms with E-state index in [-0.39, 0.29) is 0 Å². The average Bonchev–Trinajstić information content (AvgIpc) is 2.69. The number of ether oxygens (including phenoxy) is 1. The monoisotopic (exact) mass is 276 g/mol. The molecule has 1 aliphatic rings. The second-order valence-corrected chi connectivity index (χ2v) is 5.87. The summed E-state index contributed by atoms with van der Waals surface area (Å²) in [4.78, 5) is 2.52. The molecule has 1 heterocycles. The van der Waals surface area contributed by atoms with Crippen molar-refractivity contribution < 1.29 is 4.74 Å². The molecule has 20 heavy (non-hydrogen) atoms. The van der Waals surface area contributed by atoms with E-state index in [2.05, 4.69) is 48.3 Å². The predicted octanol–water partition coefficient (Wildman–Crippen LogP) is 2.45. The maximum atomic E-state index is 5.53. The molecule has 112 valence electrons. The summed E-state index contributed by atoms with van der Waals surface area (Å²) in [5.41, 5.74) is 2.95. The predicted molar refractivity (Wildman–Crippen MR) is 84.0 cm³/mol. The van der Waals surface area contributed by atoms with Crippen LogP contribution in [0.2, 0.25) is 0 Å². The lowest BCUT2D eigenvalue weighted by Crippen LogP contribution is -2.27. The van der Waals surface area contributed by atoms with E-state index in [1.54, 1.807) is 0 Å². The molecule has 0 radical (unpaired) electrons. The molecule has 2 rings (SSSR count). The van der Waals surface area contributed by atoms with Crippen molar-refractivity contribution in [1.29, 1.82) is 0 Å². The summed E-state index contributed by atoms with van der Waals surface area (Å²) in [6.45, 7) is 10.5. The molecule has 0 aromatic heterocycles. The Morgan fingerprint density at radius 2 is 1.95 bits per heavy atom. The van der Waals surface area contributed by atoms with Crippen LogP contribution in [0.25, 0.3) is 0 Å². The second-order valence-electron chi connectivity index (χ2n) is 5.87. The van der Waals surface area contributed by atoms with Gasteiger partial charge in [-0.2, -0.15) is 0 Å². The minimum atomic E-state index is 0.560. The standard InChI is InChI=1S/C17H28N2O/c1-15(2)18-9-8-16-6-3-4-7-17(16)14-19-10-5-12-20-13-11-19/h3-4,6-7,15,18H,5,8-14H2,1-2H3. The summed E-state index contributed by atoms with van der Waals surface area (Å²) in [7, 11) is 0. The zero-order valence-corrected chi connectivity index (χ0v) is 12.9. The average molecular weight is 276 g/mol. The molecule has 0 bridgehead atoms. The van der Waals surface area contributed by atoms with E-state index in [0.29, 0.717) is 6.04 Å². The van der Waals surface area contributed by atoms with Crippen molar-refractivity contribution >= 4 is 0 Å². The molecule has 0 saturated carbocycles. The highest BCUT2D eigenvalue weighted by Gasteiger charge is 2.11. The quantitative estimate of drug-likeness (QED) is 0.864. The maximum absolute atomic E-state index is 5.53. The Balaban J connectivity index is 1.92. The lowest BCUT2D eigenvalue weighted by molar-refractivity contribution is 0.140. The Labute approximate surface area is 123 Å². The van der Waals surface area contributed by atoms with Crippen molar-refractivity contribution in [2.45, 2.75) is 39.3 Å². The zero-order chi connectivity index (χ0) is 14.2. The summed E-state index contributed by atoms with van der Waals surface area (Å²) >= 11 is 0. The molecule has 3 nitrogen and oxygen atoms in total. The van der Waals surface area contributed by atoms with Gasteiger partial charge in [0.25, 0.3) is 0 Å². The number of benzene rings is 1. The molecule has 1 saturated heterocycles. The Kier molecular flexibility index (Phi) is 6.51. The van der Waals surface area contributed by atoms with Gasteiger partial charge >= 0.3 is 0 Å². The highest BCUT2D eigenvalue weighted by Crippen LogP contribution is 2.13. The van der Waals surface area contributed by atoms with Gasteiger partial charge in [0.15, 0.2) is 0 Å². The first-order chi connectivity index (χ1) is 9.75. The van der Waals surface area contributed by atoms with Gasteiger partial charge in [0, 0.05) is 32.3 Å². The third kappa shape index (κ3) is 5.23. The molecule has 1 aromatic rings. The summed E-state index contributed by atoms with van der Waals surface area (Å²) in [5.74, 6) is 0. The van der Waals surface area contributed by atoms with Crippen molar-refractivity contribution in [3.8, 4) is 0 Å². The summed E-state index contributed by atoms with van der Waals surface area (Å²) in [5, 5.41) is 3.50. The first-order valence-corrected chi connectivity index (χ1v) is 7.86. The Morgan fingerprint density at radius 1 is 1.15 bits per heavy atom. The summed E-state index contributed by atoms with van der Waals surface area (Å²) in [6, 6.07) is 9.41. The third-order valence-corrected chi connectivity index (χ3v) is 3.77. The maximum Gasteiger partial charge on any atom is 0.0593 e. The zero-order valence-electron chi connectivity index (χ0n) is 12.9. The van der Waals surface area contributed by atoms with E-state index in [0.717, 1.165) is 52.2 Å². The fourth-order valence-corrected chi connectivity index (χ4v) is 2.65. The molecule has 1 N–H and O–H groups in total. The second kappa shape index (κ2) is 8.40. The van der Waals surface area contributed by atoms with Gasteiger partial charge in [-0.05, 0) is 30.5 Å². The molecular weight excluding hydrogens is 248 g/mol. The van der Waals surface area contributed by atoms with Crippen molar-refractivity contribution in [2.24, 2.45) is 0 Å². The smallest absolute Gasteiger partial charge is 0.0593 e. The largest absolute Gasteiger partial charge is 0.380 e. The summed E-state index contributed by atoms with van der Waals surface area (Å²) < 4.78 is 5.53. The van der Waals surface area contributed by atoms with Gasteiger partial charge in [0.05, 0.1) is 6.61 Å². The van der Waals surface area contributed by atoms with Crippen LogP contribution in [0.3, 0.4) is 0 Å². The van der Waals surface area contributed by atoms with Gasteiger partial charge in [-0.3, -0.25) is 4.90 Å². The highest BCUT2D eigenvalue weighted by molar-refractivity contribution is 5.27. The number of nitrogens with zero attached hydrogens (tertiary/aromatic N) is 1. The van der Waals surface area contributed by atoms with E-state index in [1.165, 1.54) is 11.1 Å². The van der Waals surface area contributed by atoms with Gasteiger partial charge in [-0.25, -0.2) is 0 Å². The first-order valence-electron chi connectivity index (χ1n) is 7.86.